The van der Waals surface area contributed by atoms with E-state index in [-0.39, 0.29) is 16.9 Å². The highest BCUT2D eigenvalue weighted by atomic mass is 35.5. The molecule has 0 aromatic carbocycles. The van der Waals surface area contributed by atoms with Crippen LogP contribution in [0.4, 0.5) is 5.82 Å². The summed E-state index contributed by atoms with van der Waals surface area (Å²) in [5.41, 5.74) is 0. The summed E-state index contributed by atoms with van der Waals surface area (Å²) < 4.78 is 0. The van der Waals surface area contributed by atoms with Gasteiger partial charge >= 0.3 is 0 Å². The average molecular weight is 267 g/mol. The van der Waals surface area contributed by atoms with Gasteiger partial charge < -0.3 is 5.32 Å². The molecule has 0 bridgehead atoms. The maximum atomic E-state index is 11.8. The summed E-state index contributed by atoms with van der Waals surface area (Å²) in [7, 11) is 0. The third-order valence-electron chi connectivity index (χ3n) is 2.13. The van der Waals surface area contributed by atoms with Crippen molar-refractivity contribution in [3.8, 4) is 0 Å². The Balaban J connectivity index is 2.12. The zero-order valence-electron chi connectivity index (χ0n) is 9.81. The summed E-state index contributed by atoms with van der Waals surface area (Å²) in [6.45, 7) is 3.90. The Morgan fingerprint density at radius 1 is 1.44 bits per heavy atom. The first-order valence-corrected chi connectivity index (χ1v) is 5.65. The van der Waals surface area contributed by atoms with Gasteiger partial charge in [-0.05, 0) is 0 Å². The number of nitrogens with zero attached hydrogens (tertiary/aromatic N) is 4. The molecule has 0 aliphatic heterocycles. The number of H-pyrrole nitrogens is 1. The van der Waals surface area contributed by atoms with Crippen molar-refractivity contribution in [1.29, 1.82) is 0 Å². The summed E-state index contributed by atoms with van der Waals surface area (Å²) in [5.74, 6) is 0.741. The zero-order valence-corrected chi connectivity index (χ0v) is 10.6. The van der Waals surface area contributed by atoms with Gasteiger partial charge in [-0.15, -0.1) is 5.10 Å². The number of aromatic nitrogens is 5. The first-order chi connectivity index (χ1) is 8.56. The molecule has 1 amide bonds. The lowest BCUT2D eigenvalue weighted by Gasteiger charge is -2.00. The fraction of sp³-hybridized carbons (Fsp3) is 0.300. The fourth-order valence-electron chi connectivity index (χ4n) is 1.21. The van der Waals surface area contributed by atoms with Crippen molar-refractivity contribution in [2.45, 2.75) is 19.8 Å². The number of halogens is 1. The predicted molar refractivity (Wildman–Crippen MR) is 65.5 cm³/mol. The third kappa shape index (κ3) is 2.80. The number of carbonyl (C=O) groups excluding carboxylic acids is 1. The maximum absolute atomic E-state index is 11.8. The predicted octanol–water partition coefficient (Wildman–Crippen LogP) is 1.62. The molecule has 0 fully saturated rings. The molecular formula is C10H11ClN6O. The summed E-state index contributed by atoms with van der Waals surface area (Å²) in [6.07, 6.45) is 1.26. The minimum atomic E-state index is -0.451. The third-order valence-corrected chi connectivity index (χ3v) is 2.33. The van der Waals surface area contributed by atoms with E-state index in [2.05, 4.69) is 30.5 Å². The lowest BCUT2D eigenvalue weighted by atomic mass is 10.2. The van der Waals surface area contributed by atoms with Crippen molar-refractivity contribution in [1.82, 2.24) is 25.1 Å². The first-order valence-electron chi connectivity index (χ1n) is 5.27. The smallest absolute Gasteiger partial charge is 0.296 e. The number of hydrogen-bond acceptors (Lipinski definition) is 5. The second-order valence-corrected chi connectivity index (χ2v) is 4.27. The van der Waals surface area contributed by atoms with Gasteiger partial charge in [-0.25, -0.2) is 15.0 Å². The van der Waals surface area contributed by atoms with Gasteiger partial charge in [-0.1, -0.05) is 25.4 Å². The number of amides is 1. The Hall–Kier alpha value is -2.02. The van der Waals surface area contributed by atoms with E-state index < -0.39 is 5.91 Å². The largest absolute Gasteiger partial charge is 0.304 e. The van der Waals surface area contributed by atoms with Crippen LogP contribution in [0.15, 0.2) is 12.4 Å². The average Bonchev–Trinajstić information content (AvgIpc) is 2.78. The Labute approximate surface area is 108 Å². The fourth-order valence-corrected chi connectivity index (χ4v) is 1.36. The minimum absolute atomic E-state index is 0.0634. The molecule has 7 nitrogen and oxygen atoms in total. The van der Waals surface area contributed by atoms with Gasteiger partial charge in [0.25, 0.3) is 5.91 Å². The van der Waals surface area contributed by atoms with E-state index >= 15 is 0 Å². The molecule has 0 saturated carbocycles. The Bertz CT molecular complexity index is 567. The van der Waals surface area contributed by atoms with Crippen LogP contribution in [-0.4, -0.2) is 31.1 Å². The summed E-state index contributed by atoms with van der Waals surface area (Å²) >= 11 is 5.68. The van der Waals surface area contributed by atoms with Gasteiger partial charge in [0.15, 0.2) is 0 Å². The Morgan fingerprint density at radius 2 is 2.22 bits per heavy atom. The topological polar surface area (TPSA) is 96.5 Å². The minimum Gasteiger partial charge on any atom is -0.304 e. The molecule has 2 aromatic heterocycles. The number of rotatable bonds is 3. The number of nitrogens with one attached hydrogen (secondary N) is 2. The van der Waals surface area contributed by atoms with Crippen LogP contribution in [0.2, 0.25) is 5.15 Å². The van der Waals surface area contributed by atoms with Gasteiger partial charge in [0.2, 0.25) is 5.82 Å². The first kappa shape index (κ1) is 12.4. The van der Waals surface area contributed by atoms with E-state index in [0.29, 0.717) is 11.6 Å². The molecule has 2 heterocycles. The summed E-state index contributed by atoms with van der Waals surface area (Å²) in [4.78, 5) is 23.4. The second kappa shape index (κ2) is 5.09. The molecule has 0 saturated heterocycles. The number of anilines is 1. The van der Waals surface area contributed by atoms with Crippen molar-refractivity contribution in [2.24, 2.45) is 0 Å². The van der Waals surface area contributed by atoms with Crippen molar-refractivity contribution >= 4 is 23.3 Å². The van der Waals surface area contributed by atoms with Gasteiger partial charge in [0.05, 0.1) is 0 Å². The van der Waals surface area contributed by atoms with Crippen molar-refractivity contribution < 1.29 is 4.79 Å². The molecule has 0 atom stereocenters. The van der Waals surface area contributed by atoms with Crippen LogP contribution in [0.1, 0.15) is 36.2 Å². The Morgan fingerprint density at radius 3 is 2.83 bits per heavy atom. The van der Waals surface area contributed by atoms with E-state index in [9.17, 15) is 4.79 Å². The van der Waals surface area contributed by atoms with E-state index in [1.54, 1.807) is 0 Å². The zero-order chi connectivity index (χ0) is 13.1. The van der Waals surface area contributed by atoms with Gasteiger partial charge in [0, 0.05) is 12.0 Å². The van der Waals surface area contributed by atoms with Crippen molar-refractivity contribution in [3.05, 3.63) is 29.2 Å². The number of aromatic amines is 1. The molecule has 0 unspecified atom stereocenters. The molecule has 18 heavy (non-hydrogen) atoms. The van der Waals surface area contributed by atoms with Crippen LogP contribution in [-0.2, 0) is 0 Å². The number of hydrogen-bond donors (Lipinski definition) is 2. The monoisotopic (exact) mass is 266 g/mol. The maximum Gasteiger partial charge on any atom is 0.296 e. The van der Waals surface area contributed by atoms with E-state index in [1.165, 1.54) is 12.4 Å². The van der Waals surface area contributed by atoms with Crippen molar-refractivity contribution in [3.63, 3.8) is 0 Å². The standard InChI is InChI=1S/C10H11ClN6O/c1-5(2)8-15-9(17-16-8)10(18)14-7-3-6(11)12-4-13-7/h3-5H,1-2H3,(H,15,16,17)(H,12,13,14,18). The van der Waals surface area contributed by atoms with Gasteiger partial charge in [-0.2, -0.15) is 0 Å². The van der Waals surface area contributed by atoms with Crippen LogP contribution in [0.3, 0.4) is 0 Å². The molecule has 2 rings (SSSR count). The van der Waals surface area contributed by atoms with E-state index in [1.807, 2.05) is 13.8 Å². The van der Waals surface area contributed by atoms with Crippen LogP contribution in [0.25, 0.3) is 0 Å². The lowest BCUT2D eigenvalue weighted by Crippen LogP contribution is -2.15. The summed E-state index contributed by atoms with van der Waals surface area (Å²) in [6, 6.07) is 1.44. The highest BCUT2D eigenvalue weighted by Gasteiger charge is 2.14. The van der Waals surface area contributed by atoms with E-state index in [4.69, 9.17) is 11.6 Å². The van der Waals surface area contributed by atoms with E-state index in [0.717, 1.165) is 0 Å². The molecular weight excluding hydrogens is 256 g/mol. The molecule has 2 N–H and O–H groups in total. The normalized spacial score (nSPS) is 10.7. The molecule has 2 aromatic rings. The molecule has 0 aliphatic rings. The van der Waals surface area contributed by atoms with Crippen LogP contribution < -0.4 is 5.32 Å². The molecule has 0 spiro atoms. The Kier molecular flexibility index (Phi) is 3.52. The quantitative estimate of drug-likeness (QED) is 0.823. The number of carbonyl (C=O) groups is 1. The molecule has 8 heteroatoms. The second-order valence-electron chi connectivity index (χ2n) is 3.88. The van der Waals surface area contributed by atoms with Gasteiger partial charge in [-0.3, -0.25) is 9.89 Å². The summed E-state index contributed by atoms with van der Waals surface area (Å²) in [5, 5.41) is 9.31. The van der Waals surface area contributed by atoms with Gasteiger partial charge in [0.1, 0.15) is 23.1 Å². The highest BCUT2D eigenvalue weighted by molar-refractivity contribution is 6.29. The molecule has 94 valence electrons. The SMILES string of the molecule is CC(C)c1nc(C(=O)Nc2cc(Cl)ncn2)n[nH]1. The lowest BCUT2D eigenvalue weighted by molar-refractivity contribution is 0.101. The van der Waals surface area contributed by atoms with Crippen molar-refractivity contribution in [2.75, 3.05) is 5.32 Å². The van der Waals surface area contributed by atoms with Crippen LogP contribution in [0, 0.1) is 0 Å². The highest BCUT2D eigenvalue weighted by Crippen LogP contribution is 2.11. The molecule has 0 radical (unpaired) electrons. The molecule has 0 aliphatic carbocycles. The van der Waals surface area contributed by atoms with Crippen LogP contribution in [0.5, 0.6) is 0 Å². The van der Waals surface area contributed by atoms with Crippen LogP contribution >= 0.6 is 11.6 Å².